The van der Waals surface area contributed by atoms with Crippen LogP contribution in [-0.2, 0) is 12.8 Å². The molecule has 0 radical (unpaired) electrons. The summed E-state index contributed by atoms with van der Waals surface area (Å²) in [5.41, 5.74) is 3.74. The molecule has 29 heavy (non-hydrogen) atoms. The van der Waals surface area contributed by atoms with Crippen LogP contribution in [0.5, 0.6) is 0 Å². The molecule has 2 fully saturated rings. The van der Waals surface area contributed by atoms with Crippen molar-refractivity contribution >= 4 is 17.6 Å². The van der Waals surface area contributed by atoms with Crippen LogP contribution in [0.25, 0.3) is 0 Å². The lowest BCUT2D eigenvalue weighted by Crippen LogP contribution is -2.24. The Morgan fingerprint density at radius 2 is 2.03 bits per heavy atom. The van der Waals surface area contributed by atoms with Crippen molar-refractivity contribution in [3.63, 3.8) is 0 Å². The van der Waals surface area contributed by atoms with Crippen LogP contribution < -0.4 is 10.2 Å². The summed E-state index contributed by atoms with van der Waals surface area (Å²) in [5.74, 6) is 3.90. The van der Waals surface area contributed by atoms with Gasteiger partial charge < -0.3 is 10.2 Å². The second kappa shape index (κ2) is 7.21. The number of aryl methyl sites for hydroxylation is 1. The van der Waals surface area contributed by atoms with Gasteiger partial charge in [-0.1, -0.05) is 19.1 Å². The van der Waals surface area contributed by atoms with E-state index in [1.807, 2.05) is 36.4 Å². The molecule has 2 atom stereocenters. The zero-order valence-electron chi connectivity index (χ0n) is 16.4. The Labute approximate surface area is 169 Å². The van der Waals surface area contributed by atoms with Crippen molar-refractivity contribution in [1.29, 1.82) is 5.26 Å². The van der Waals surface area contributed by atoms with Crippen LogP contribution in [0, 0.1) is 23.2 Å². The molecule has 3 aromatic rings. The van der Waals surface area contributed by atoms with Gasteiger partial charge in [0.05, 0.1) is 17.3 Å². The molecule has 0 unspecified atom stereocenters. The van der Waals surface area contributed by atoms with E-state index in [0.717, 1.165) is 65.9 Å². The molecule has 146 valence electrons. The third-order valence-corrected chi connectivity index (χ3v) is 5.74. The van der Waals surface area contributed by atoms with Gasteiger partial charge in [0.2, 0.25) is 5.95 Å². The van der Waals surface area contributed by atoms with Crippen molar-refractivity contribution in [3.05, 3.63) is 58.9 Å². The Bertz CT molecular complexity index is 1070. The zero-order chi connectivity index (χ0) is 19.8. The Morgan fingerprint density at radius 3 is 2.79 bits per heavy atom. The van der Waals surface area contributed by atoms with E-state index in [9.17, 15) is 5.26 Å². The summed E-state index contributed by atoms with van der Waals surface area (Å²) in [7, 11) is 0. The van der Waals surface area contributed by atoms with Gasteiger partial charge in [0.25, 0.3) is 0 Å². The summed E-state index contributed by atoms with van der Waals surface area (Å²) in [6.45, 7) is 4.17. The molecule has 2 aromatic heterocycles. The first-order valence-corrected chi connectivity index (χ1v) is 10.1. The number of piperidine rings is 1. The molecule has 2 N–H and O–H groups in total. The Hall–Kier alpha value is -3.40. The van der Waals surface area contributed by atoms with Gasteiger partial charge in [0, 0.05) is 37.3 Å². The van der Waals surface area contributed by atoms with Crippen LogP contribution in [0.1, 0.15) is 35.9 Å². The molecule has 0 bridgehead atoms. The van der Waals surface area contributed by atoms with E-state index in [4.69, 9.17) is 9.97 Å². The predicted octanol–water partition coefficient (Wildman–Crippen LogP) is 3.42. The largest absolute Gasteiger partial charge is 0.340 e. The van der Waals surface area contributed by atoms with Crippen LogP contribution in [0.2, 0.25) is 0 Å². The zero-order valence-corrected chi connectivity index (χ0v) is 16.4. The highest BCUT2D eigenvalue weighted by Crippen LogP contribution is 2.45. The maximum atomic E-state index is 9.17. The lowest BCUT2D eigenvalue weighted by atomic mass is 10.1. The van der Waals surface area contributed by atoms with Gasteiger partial charge in [0.1, 0.15) is 5.82 Å². The number of aromatic amines is 1. The molecule has 5 rings (SSSR count). The van der Waals surface area contributed by atoms with Crippen molar-refractivity contribution in [1.82, 2.24) is 20.2 Å². The lowest BCUT2D eigenvalue weighted by molar-refractivity contribution is 0.782. The summed E-state index contributed by atoms with van der Waals surface area (Å²) in [6, 6.07) is 13.9. The monoisotopic (exact) mass is 385 g/mol. The lowest BCUT2D eigenvalue weighted by Gasteiger charge is -2.19. The molecule has 1 saturated carbocycles. The predicted molar refractivity (Wildman–Crippen MR) is 111 cm³/mol. The summed E-state index contributed by atoms with van der Waals surface area (Å²) >= 11 is 0. The number of nitriles is 1. The van der Waals surface area contributed by atoms with Crippen molar-refractivity contribution in [3.8, 4) is 6.07 Å². The maximum Gasteiger partial charge on any atom is 0.227 e. The molecule has 3 heterocycles. The van der Waals surface area contributed by atoms with Crippen LogP contribution in [0.4, 0.5) is 17.6 Å². The number of H-pyrrole nitrogens is 1. The second-order valence-electron chi connectivity index (χ2n) is 7.95. The molecule has 1 aliphatic heterocycles. The molecule has 1 aliphatic carbocycles. The number of nitrogens with one attached hydrogen (secondary N) is 2. The molecule has 0 amide bonds. The van der Waals surface area contributed by atoms with E-state index >= 15 is 0 Å². The molecule has 1 saturated heterocycles. The van der Waals surface area contributed by atoms with E-state index < -0.39 is 0 Å². The van der Waals surface area contributed by atoms with Crippen LogP contribution in [-0.4, -0.2) is 33.3 Å². The summed E-state index contributed by atoms with van der Waals surface area (Å²) in [6.07, 6.45) is 2.90. The SMILES string of the molecule is CCc1cc(Nc2cc(Cc3cccc(C#N)c3)nc(N3C[C@H]4C[C@H]4C3)n2)n[nH]1. The highest BCUT2D eigenvalue weighted by molar-refractivity contribution is 5.55. The minimum Gasteiger partial charge on any atom is -0.340 e. The van der Waals surface area contributed by atoms with Gasteiger partial charge in [0.15, 0.2) is 5.82 Å². The van der Waals surface area contributed by atoms with Gasteiger partial charge in [-0.15, -0.1) is 0 Å². The highest BCUT2D eigenvalue weighted by atomic mass is 15.3. The van der Waals surface area contributed by atoms with Gasteiger partial charge in [-0.2, -0.15) is 15.3 Å². The van der Waals surface area contributed by atoms with Crippen molar-refractivity contribution < 1.29 is 0 Å². The third-order valence-electron chi connectivity index (χ3n) is 5.74. The van der Waals surface area contributed by atoms with E-state index in [-0.39, 0.29) is 0 Å². The minimum atomic E-state index is 0.654. The first-order valence-electron chi connectivity index (χ1n) is 10.1. The number of aromatic nitrogens is 4. The number of hydrogen-bond acceptors (Lipinski definition) is 6. The summed E-state index contributed by atoms with van der Waals surface area (Å²) in [4.78, 5) is 11.9. The summed E-state index contributed by atoms with van der Waals surface area (Å²) in [5, 5.41) is 19.8. The maximum absolute atomic E-state index is 9.17. The number of nitrogens with zero attached hydrogens (tertiary/aromatic N) is 5. The molecule has 7 heteroatoms. The first-order chi connectivity index (χ1) is 14.2. The minimum absolute atomic E-state index is 0.654. The third kappa shape index (κ3) is 3.79. The standard InChI is InChI=1S/C22H23N7/c1-2-18-9-21(28-27-18)25-20-10-19(7-14-4-3-5-15(6-14)11-23)24-22(26-20)29-12-16-8-17(16)13-29/h3-6,9-10,16-17H,2,7-8,12-13H2,1H3,(H2,24,25,26,27,28)/t16-,17+. The van der Waals surface area contributed by atoms with Gasteiger partial charge in [-0.25, -0.2) is 4.98 Å². The number of benzene rings is 1. The van der Waals surface area contributed by atoms with Crippen molar-refractivity contribution in [2.75, 3.05) is 23.3 Å². The fourth-order valence-electron chi connectivity index (χ4n) is 4.04. The fourth-order valence-corrected chi connectivity index (χ4v) is 4.04. The van der Waals surface area contributed by atoms with Crippen LogP contribution in [0.3, 0.4) is 0 Å². The van der Waals surface area contributed by atoms with Gasteiger partial charge in [-0.3, -0.25) is 5.10 Å². The van der Waals surface area contributed by atoms with E-state index in [1.54, 1.807) is 0 Å². The van der Waals surface area contributed by atoms with E-state index in [1.165, 1.54) is 6.42 Å². The average molecular weight is 385 g/mol. The van der Waals surface area contributed by atoms with Gasteiger partial charge in [-0.05, 0) is 42.4 Å². The van der Waals surface area contributed by atoms with Crippen LogP contribution in [0.15, 0.2) is 36.4 Å². The normalized spacial score (nSPS) is 19.7. The van der Waals surface area contributed by atoms with Crippen LogP contribution >= 0.6 is 0 Å². The van der Waals surface area contributed by atoms with Crippen molar-refractivity contribution in [2.45, 2.75) is 26.2 Å². The molecule has 2 aliphatic rings. The fraction of sp³-hybridized carbons (Fsp3) is 0.364. The number of rotatable bonds is 6. The Kier molecular flexibility index (Phi) is 4.39. The highest BCUT2D eigenvalue weighted by Gasteiger charge is 2.45. The molecular weight excluding hydrogens is 362 g/mol. The Morgan fingerprint density at radius 1 is 1.17 bits per heavy atom. The van der Waals surface area contributed by atoms with Crippen molar-refractivity contribution in [2.24, 2.45) is 11.8 Å². The summed E-state index contributed by atoms with van der Waals surface area (Å²) < 4.78 is 0. The number of fused-ring (bicyclic) bond motifs is 1. The molecule has 0 spiro atoms. The van der Waals surface area contributed by atoms with E-state index in [0.29, 0.717) is 12.0 Å². The molecule has 7 nitrogen and oxygen atoms in total. The topological polar surface area (TPSA) is 93.5 Å². The quantitative estimate of drug-likeness (QED) is 0.675. The average Bonchev–Trinajstić information content (AvgIpc) is 3.13. The smallest absolute Gasteiger partial charge is 0.227 e. The van der Waals surface area contributed by atoms with Gasteiger partial charge >= 0.3 is 0 Å². The number of hydrogen-bond donors (Lipinski definition) is 2. The number of anilines is 3. The van der Waals surface area contributed by atoms with E-state index in [2.05, 4.69) is 33.4 Å². The molecular formula is C22H23N7. The molecule has 1 aromatic carbocycles. The first kappa shape index (κ1) is 17.7. The Balaban J connectivity index is 1.44. The second-order valence-corrected chi connectivity index (χ2v) is 7.95.